The van der Waals surface area contributed by atoms with Crippen molar-refractivity contribution in [1.82, 2.24) is 19.1 Å². The van der Waals surface area contributed by atoms with E-state index in [9.17, 15) is 23.9 Å². The fourth-order valence-electron chi connectivity index (χ4n) is 5.64. The molecule has 0 aromatic carbocycles. The molecule has 31 heavy (non-hydrogen) atoms. The summed E-state index contributed by atoms with van der Waals surface area (Å²) >= 11 is 0. The summed E-state index contributed by atoms with van der Waals surface area (Å²) in [6.45, 7) is 4.85. The Bertz CT molecular complexity index is 1120. The molecule has 3 N–H and O–H groups in total. The van der Waals surface area contributed by atoms with Crippen LogP contribution in [0, 0.1) is 5.41 Å². The topological polar surface area (TPSA) is 130 Å². The lowest BCUT2D eigenvalue weighted by atomic mass is 9.53. The molecule has 0 unspecified atom stereocenters. The molecule has 0 spiro atoms. The molecule has 2 heterocycles. The number of H-pyrrole nitrogens is 1. The van der Waals surface area contributed by atoms with Gasteiger partial charge < -0.3 is 14.8 Å². The molecule has 0 amide bonds. The van der Waals surface area contributed by atoms with Gasteiger partial charge in [-0.2, -0.15) is 0 Å². The summed E-state index contributed by atoms with van der Waals surface area (Å²) in [5, 5.41) is 0. The third-order valence-electron chi connectivity index (χ3n) is 7.59. The minimum atomic E-state index is -3.99. The first-order valence-corrected chi connectivity index (χ1v) is 13.2. The summed E-state index contributed by atoms with van der Waals surface area (Å²) in [5.41, 5.74) is 0.130. The van der Waals surface area contributed by atoms with Gasteiger partial charge >= 0.3 is 13.3 Å². The summed E-state index contributed by atoms with van der Waals surface area (Å²) in [5.74, 6) is 0.793. The number of rotatable bonds is 8. The van der Waals surface area contributed by atoms with Crippen LogP contribution in [0.3, 0.4) is 0 Å². The molecule has 3 aliphatic rings. The molecular formula is C21H33N4O5P. The van der Waals surface area contributed by atoms with E-state index < -0.39 is 7.60 Å². The van der Waals surface area contributed by atoms with Gasteiger partial charge in [0.1, 0.15) is 11.3 Å². The highest BCUT2D eigenvalue weighted by molar-refractivity contribution is 7.51. The van der Waals surface area contributed by atoms with E-state index in [1.807, 2.05) is 13.8 Å². The van der Waals surface area contributed by atoms with Crippen LogP contribution in [0.1, 0.15) is 77.5 Å². The number of aromatic amines is 1. The van der Waals surface area contributed by atoms with Crippen LogP contribution < -0.4 is 11.2 Å². The van der Waals surface area contributed by atoms with E-state index in [0.29, 0.717) is 37.1 Å². The lowest BCUT2D eigenvalue weighted by molar-refractivity contribution is 0.0326. The van der Waals surface area contributed by atoms with Crippen molar-refractivity contribution in [2.24, 2.45) is 5.41 Å². The van der Waals surface area contributed by atoms with Gasteiger partial charge in [-0.3, -0.25) is 18.5 Å². The van der Waals surface area contributed by atoms with Crippen LogP contribution in [0.4, 0.5) is 0 Å². The molecule has 0 atom stereocenters. The summed E-state index contributed by atoms with van der Waals surface area (Å²) in [6.07, 6.45) is 7.36. The zero-order valence-corrected chi connectivity index (χ0v) is 19.3. The highest BCUT2D eigenvalue weighted by atomic mass is 31.2. The van der Waals surface area contributed by atoms with Gasteiger partial charge in [-0.05, 0) is 63.2 Å². The normalized spacial score (nSPS) is 26.1. The number of nitrogens with zero attached hydrogens (tertiary/aromatic N) is 3. The Morgan fingerprint density at radius 2 is 1.58 bits per heavy atom. The zero-order chi connectivity index (χ0) is 22.4. The fraction of sp³-hybridized carbons (Fsp3) is 0.762. The molecule has 172 valence electrons. The number of hydrogen-bond acceptors (Lipinski definition) is 4. The fourth-order valence-corrected chi connectivity index (χ4v) is 6.41. The first-order valence-electron chi connectivity index (χ1n) is 11.4. The Kier molecular flexibility index (Phi) is 5.82. The van der Waals surface area contributed by atoms with Gasteiger partial charge in [-0.1, -0.05) is 13.8 Å². The van der Waals surface area contributed by atoms with E-state index in [1.165, 1.54) is 4.57 Å². The number of nitrogens with one attached hydrogen (secondary N) is 1. The number of aryl methyl sites for hydroxylation is 1. The van der Waals surface area contributed by atoms with E-state index >= 15 is 0 Å². The first-order chi connectivity index (χ1) is 14.6. The molecule has 0 saturated heterocycles. The van der Waals surface area contributed by atoms with E-state index in [-0.39, 0.29) is 28.2 Å². The van der Waals surface area contributed by atoms with Gasteiger partial charge in [0.05, 0.1) is 6.16 Å². The third-order valence-corrected chi connectivity index (χ3v) is 8.40. The lowest BCUT2D eigenvalue weighted by Gasteiger charge is -2.53. The molecule has 2 aromatic rings. The molecule has 3 aliphatic carbocycles. The standard InChI is InChI=1S/C21H33N4O5P/c1-3-12-24-16-15(17(26)25(13-4-2)19(24)27)22-18(23-16)21-8-5-20(6-9-21,7-10-21)11-14-31(28,29)30/h3-14H2,1-2H3,(H,22,23)(H2,28,29,30). The van der Waals surface area contributed by atoms with Crippen LogP contribution in [-0.2, 0) is 23.1 Å². The van der Waals surface area contributed by atoms with E-state index in [4.69, 9.17) is 4.98 Å². The second kappa shape index (κ2) is 8.01. The molecular weight excluding hydrogens is 419 g/mol. The Hall–Kier alpha value is -1.70. The van der Waals surface area contributed by atoms with Crippen LogP contribution in [0.25, 0.3) is 11.2 Å². The van der Waals surface area contributed by atoms with Gasteiger partial charge in [0, 0.05) is 18.5 Å². The maximum Gasteiger partial charge on any atom is 0.332 e. The minimum Gasteiger partial charge on any atom is -0.336 e. The van der Waals surface area contributed by atoms with Gasteiger partial charge in [-0.25, -0.2) is 9.78 Å². The third kappa shape index (κ3) is 3.96. The Morgan fingerprint density at radius 3 is 2.13 bits per heavy atom. The highest BCUT2D eigenvalue weighted by Gasteiger charge is 2.51. The van der Waals surface area contributed by atoms with Crippen molar-refractivity contribution in [2.75, 3.05) is 6.16 Å². The van der Waals surface area contributed by atoms with Crippen molar-refractivity contribution >= 4 is 18.8 Å². The predicted molar refractivity (Wildman–Crippen MR) is 119 cm³/mol. The summed E-state index contributed by atoms with van der Waals surface area (Å²) in [7, 11) is -3.99. The highest BCUT2D eigenvalue weighted by Crippen LogP contribution is 2.59. The second-order valence-electron chi connectivity index (χ2n) is 9.59. The molecule has 5 rings (SSSR count). The van der Waals surface area contributed by atoms with E-state index in [1.54, 1.807) is 4.57 Å². The van der Waals surface area contributed by atoms with E-state index in [2.05, 4.69) is 4.98 Å². The van der Waals surface area contributed by atoms with Gasteiger partial charge in [0.2, 0.25) is 0 Å². The molecule has 3 saturated carbocycles. The van der Waals surface area contributed by atoms with Crippen molar-refractivity contribution in [3.05, 3.63) is 26.7 Å². The molecule has 0 radical (unpaired) electrons. The molecule has 2 bridgehead atoms. The summed E-state index contributed by atoms with van der Waals surface area (Å²) in [6, 6.07) is 0. The largest absolute Gasteiger partial charge is 0.336 e. The average Bonchev–Trinajstić information content (AvgIpc) is 3.20. The summed E-state index contributed by atoms with van der Waals surface area (Å²) in [4.78, 5) is 52.7. The van der Waals surface area contributed by atoms with Crippen molar-refractivity contribution < 1.29 is 14.4 Å². The van der Waals surface area contributed by atoms with E-state index in [0.717, 1.165) is 50.8 Å². The minimum absolute atomic E-state index is 0.00698. The Morgan fingerprint density at radius 1 is 1.00 bits per heavy atom. The maximum absolute atomic E-state index is 13.0. The zero-order valence-electron chi connectivity index (χ0n) is 18.4. The number of fused-ring (bicyclic) bond motifs is 4. The SMILES string of the molecule is CCCn1c(=O)c2[nH]c(C34CCC(CCP(=O)(O)O)(CC3)CC4)nc2n(CCC)c1=O. The van der Waals surface area contributed by atoms with Crippen LogP contribution in [0.15, 0.2) is 9.59 Å². The van der Waals surface area contributed by atoms with Crippen LogP contribution in [0.5, 0.6) is 0 Å². The molecule has 3 fully saturated rings. The first kappa shape index (κ1) is 22.5. The Labute approximate surface area is 181 Å². The smallest absolute Gasteiger partial charge is 0.332 e. The molecule has 0 aliphatic heterocycles. The molecule has 10 heteroatoms. The van der Waals surface area contributed by atoms with Gasteiger partial charge in [-0.15, -0.1) is 0 Å². The molecule has 2 aromatic heterocycles. The van der Waals surface area contributed by atoms with Crippen molar-refractivity contribution in [1.29, 1.82) is 0 Å². The number of hydrogen-bond donors (Lipinski definition) is 3. The van der Waals surface area contributed by atoms with Crippen molar-refractivity contribution in [3.8, 4) is 0 Å². The number of imidazole rings is 1. The van der Waals surface area contributed by atoms with Gasteiger partial charge in [0.25, 0.3) is 5.56 Å². The van der Waals surface area contributed by atoms with Crippen LogP contribution in [-0.4, -0.2) is 35.1 Å². The monoisotopic (exact) mass is 452 g/mol. The Balaban J connectivity index is 1.70. The van der Waals surface area contributed by atoms with Crippen LogP contribution >= 0.6 is 7.60 Å². The van der Waals surface area contributed by atoms with Gasteiger partial charge in [0.15, 0.2) is 5.65 Å². The second-order valence-corrected chi connectivity index (χ2v) is 11.4. The van der Waals surface area contributed by atoms with Crippen molar-refractivity contribution in [3.63, 3.8) is 0 Å². The van der Waals surface area contributed by atoms with Crippen LogP contribution in [0.2, 0.25) is 0 Å². The lowest BCUT2D eigenvalue weighted by Crippen LogP contribution is -2.45. The quantitative estimate of drug-likeness (QED) is 0.528. The predicted octanol–water partition coefficient (Wildman–Crippen LogP) is 2.87. The summed E-state index contributed by atoms with van der Waals surface area (Å²) < 4.78 is 14.3. The number of aromatic nitrogens is 4. The average molecular weight is 452 g/mol. The molecule has 9 nitrogen and oxygen atoms in total. The van der Waals surface area contributed by atoms with Crippen molar-refractivity contribution in [2.45, 2.75) is 90.1 Å². The maximum atomic E-state index is 13.0.